The monoisotopic (exact) mass is 346 g/mol. The summed E-state index contributed by atoms with van der Waals surface area (Å²) in [7, 11) is 0. The first kappa shape index (κ1) is 18.4. The van der Waals surface area contributed by atoms with Gasteiger partial charge in [-0.05, 0) is 49.9 Å². The molecule has 138 valence electrons. The summed E-state index contributed by atoms with van der Waals surface area (Å²) in [4.78, 5) is 14.7. The Hall–Kier alpha value is -1.42. The van der Waals surface area contributed by atoms with Gasteiger partial charge in [0.1, 0.15) is 5.82 Å². The lowest BCUT2D eigenvalue weighted by Crippen LogP contribution is -2.43. The lowest BCUT2D eigenvalue weighted by Gasteiger charge is -2.34. The van der Waals surface area contributed by atoms with Gasteiger partial charge in [0, 0.05) is 25.0 Å². The number of carbonyl (C=O) groups excluding carboxylic acids is 1. The first-order valence-electron chi connectivity index (χ1n) is 10.0. The van der Waals surface area contributed by atoms with Gasteiger partial charge in [0.05, 0.1) is 0 Å². The Morgan fingerprint density at radius 3 is 2.40 bits per heavy atom. The fraction of sp³-hybridized carbons (Fsp3) is 0.667. The van der Waals surface area contributed by atoms with E-state index in [1.54, 1.807) is 0 Å². The molecule has 1 atom stereocenters. The number of likely N-dealkylation sites (tertiary alicyclic amines) is 1. The summed E-state index contributed by atoms with van der Waals surface area (Å²) in [5.41, 5.74) is 1.10. The maximum atomic E-state index is 12.9. The summed E-state index contributed by atoms with van der Waals surface area (Å²) >= 11 is 0. The Bertz CT molecular complexity index is 537. The summed E-state index contributed by atoms with van der Waals surface area (Å²) in [5, 5.41) is 3.45. The minimum Gasteiger partial charge on any atom is -0.337 e. The van der Waals surface area contributed by atoms with Crippen LogP contribution in [0.2, 0.25) is 0 Å². The van der Waals surface area contributed by atoms with Crippen molar-refractivity contribution in [3.63, 3.8) is 0 Å². The van der Waals surface area contributed by atoms with Gasteiger partial charge in [-0.15, -0.1) is 0 Å². The molecule has 1 aliphatic heterocycles. The van der Waals surface area contributed by atoms with Crippen LogP contribution in [0.25, 0.3) is 0 Å². The van der Waals surface area contributed by atoms with Crippen LogP contribution in [-0.2, 0) is 11.3 Å². The van der Waals surface area contributed by atoms with E-state index < -0.39 is 0 Å². The van der Waals surface area contributed by atoms with Crippen LogP contribution in [0.1, 0.15) is 69.8 Å². The van der Waals surface area contributed by atoms with Crippen molar-refractivity contribution >= 4 is 5.91 Å². The molecule has 1 N–H and O–H groups in total. The highest BCUT2D eigenvalue weighted by Crippen LogP contribution is 2.30. The van der Waals surface area contributed by atoms with Crippen LogP contribution in [0, 0.1) is 5.82 Å². The molecule has 3 nitrogen and oxygen atoms in total. The average molecular weight is 346 g/mol. The van der Waals surface area contributed by atoms with E-state index in [0.717, 1.165) is 37.9 Å². The number of hydrogen-bond acceptors (Lipinski definition) is 2. The normalized spacial score (nSPS) is 22.8. The number of nitrogens with zero attached hydrogens (tertiary/aromatic N) is 1. The molecule has 2 fully saturated rings. The Morgan fingerprint density at radius 2 is 1.68 bits per heavy atom. The van der Waals surface area contributed by atoms with E-state index in [0.29, 0.717) is 18.0 Å². The smallest absolute Gasteiger partial charge is 0.223 e. The Morgan fingerprint density at radius 1 is 1.00 bits per heavy atom. The van der Waals surface area contributed by atoms with Crippen LogP contribution in [-0.4, -0.2) is 29.4 Å². The van der Waals surface area contributed by atoms with Crippen molar-refractivity contribution in [2.75, 3.05) is 6.54 Å². The molecular weight excluding hydrogens is 315 g/mol. The van der Waals surface area contributed by atoms with E-state index in [9.17, 15) is 9.18 Å². The van der Waals surface area contributed by atoms with Crippen molar-refractivity contribution in [2.45, 2.75) is 82.8 Å². The second-order valence-corrected chi connectivity index (χ2v) is 7.58. The molecule has 2 aliphatic rings. The van der Waals surface area contributed by atoms with Crippen molar-refractivity contribution in [2.24, 2.45) is 0 Å². The number of nitrogens with one attached hydrogen (secondary N) is 1. The summed E-state index contributed by atoms with van der Waals surface area (Å²) < 4.78 is 12.9. The summed E-state index contributed by atoms with van der Waals surface area (Å²) in [5.74, 6) is 0.178. The second-order valence-electron chi connectivity index (χ2n) is 7.58. The molecular formula is C21H31FN2O. The number of hydrogen-bond donors (Lipinski definition) is 1. The predicted molar refractivity (Wildman–Crippen MR) is 98.7 cm³/mol. The Balaban J connectivity index is 1.46. The largest absolute Gasteiger partial charge is 0.337 e. The van der Waals surface area contributed by atoms with Gasteiger partial charge >= 0.3 is 0 Å². The van der Waals surface area contributed by atoms with Crippen molar-refractivity contribution in [1.82, 2.24) is 10.2 Å². The molecule has 1 unspecified atom stereocenters. The molecule has 25 heavy (non-hydrogen) atoms. The Labute approximate surface area is 151 Å². The molecule has 1 aliphatic carbocycles. The first-order valence-corrected chi connectivity index (χ1v) is 10.0. The third-order valence-corrected chi connectivity index (χ3v) is 5.74. The van der Waals surface area contributed by atoms with Crippen LogP contribution in [0.3, 0.4) is 0 Å². The van der Waals surface area contributed by atoms with E-state index in [4.69, 9.17) is 0 Å². The van der Waals surface area contributed by atoms with Crippen LogP contribution in [0.5, 0.6) is 0 Å². The lowest BCUT2D eigenvalue weighted by atomic mass is 9.94. The van der Waals surface area contributed by atoms with Crippen LogP contribution in [0.15, 0.2) is 24.3 Å². The lowest BCUT2D eigenvalue weighted by molar-refractivity contribution is -0.131. The van der Waals surface area contributed by atoms with Gasteiger partial charge in [0.25, 0.3) is 0 Å². The molecule has 1 saturated carbocycles. The molecule has 1 amide bonds. The molecule has 0 bridgehead atoms. The molecule has 1 aromatic rings. The van der Waals surface area contributed by atoms with Gasteiger partial charge in [-0.25, -0.2) is 4.39 Å². The minimum absolute atomic E-state index is 0.192. The summed E-state index contributed by atoms with van der Waals surface area (Å²) in [6, 6.07) is 7.52. The molecule has 4 heteroatoms. The van der Waals surface area contributed by atoms with Gasteiger partial charge < -0.3 is 10.2 Å². The van der Waals surface area contributed by atoms with Gasteiger partial charge in [0.2, 0.25) is 5.91 Å². The van der Waals surface area contributed by atoms with Crippen molar-refractivity contribution in [3.8, 4) is 0 Å². The topological polar surface area (TPSA) is 32.3 Å². The highest BCUT2D eigenvalue weighted by Gasteiger charge is 2.35. The average Bonchev–Trinajstić information content (AvgIpc) is 2.94. The van der Waals surface area contributed by atoms with E-state index in [1.165, 1.54) is 57.1 Å². The number of amides is 1. The highest BCUT2D eigenvalue weighted by molar-refractivity contribution is 5.79. The standard InChI is InChI=1S/C21H31FN2O/c22-18-10-8-17(9-11-18)16-23-15-14-20-12-13-21(25)24(20)19-6-4-2-1-3-5-7-19/h8-11,19-20,23H,1-7,12-16H2. The van der Waals surface area contributed by atoms with Crippen LogP contribution >= 0.6 is 0 Å². The molecule has 0 spiro atoms. The van der Waals surface area contributed by atoms with Gasteiger partial charge in [-0.3, -0.25) is 4.79 Å². The zero-order chi connectivity index (χ0) is 17.5. The van der Waals surface area contributed by atoms with Gasteiger partial charge in [0.15, 0.2) is 0 Å². The van der Waals surface area contributed by atoms with Crippen LogP contribution < -0.4 is 5.32 Å². The molecule has 0 radical (unpaired) electrons. The van der Waals surface area contributed by atoms with Crippen LogP contribution in [0.4, 0.5) is 4.39 Å². The predicted octanol–water partition coefficient (Wildman–Crippen LogP) is 4.41. The fourth-order valence-electron chi connectivity index (χ4n) is 4.36. The third-order valence-electron chi connectivity index (χ3n) is 5.74. The maximum Gasteiger partial charge on any atom is 0.223 e. The quantitative estimate of drug-likeness (QED) is 0.774. The van der Waals surface area contributed by atoms with E-state index >= 15 is 0 Å². The first-order chi connectivity index (χ1) is 12.2. The Kier molecular flexibility index (Phi) is 6.85. The zero-order valence-electron chi connectivity index (χ0n) is 15.2. The summed E-state index contributed by atoms with van der Waals surface area (Å²) in [6.45, 7) is 1.66. The second kappa shape index (κ2) is 9.33. The third kappa shape index (κ3) is 5.27. The minimum atomic E-state index is -0.192. The van der Waals surface area contributed by atoms with Crippen molar-refractivity contribution in [3.05, 3.63) is 35.6 Å². The fourth-order valence-corrected chi connectivity index (χ4v) is 4.36. The van der Waals surface area contributed by atoms with Gasteiger partial charge in [-0.2, -0.15) is 0 Å². The van der Waals surface area contributed by atoms with E-state index in [2.05, 4.69) is 10.2 Å². The molecule has 1 saturated heterocycles. The molecule has 1 heterocycles. The van der Waals surface area contributed by atoms with Crippen molar-refractivity contribution < 1.29 is 9.18 Å². The van der Waals surface area contributed by atoms with E-state index in [-0.39, 0.29) is 5.82 Å². The van der Waals surface area contributed by atoms with Gasteiger partial charge in [-0.1, -0.05) is 44.2 Å². The number of carbonyl (C=O) groups is 1. The van der Waals surface area contributed by atoms with Crippen molar-refractivity contribution in [1.29, 1.82) is 0 Å². The number of rotatable bonds is 6. The molecule has 0 aromatic heterocycles. The zero-order valence-corrected chi connectivity index (χ0v) is 15.2. The molecule has 3 rings (SSSR count). The highest BCUT2D eigenvalue weighted by atomic mass is 19.1. The molecule has 1 aromatic carbocycles. The SMILES string of the molecule is O=C1CCC(CCNCc2ccc(F)cc2)N1C1CCCCCCC1. The summed E-state index contributed by atoms with van der Waals surface area (Å²) in [6.07, 6.45) is 11.7. The number of benzene rings is 1. The van der Waals surface area contributed by atoms with E-state index in [1.807, 2.05) is 12.1 Å². The number of halogens is 1. The maximum absolute atomic E-state index is 12.9.